The summed E-state index contributed by atoms with van der Waals surface area (Å²) in [6.07, 6.45) is -3.12. The van der Waals surface area contributed by atoms with Crippen LogP contribution < -0.4 is 0 Å². The van der Waals surface area contributed by atoms with Gasteiger partial charge in [-0.1, -0.05) is 96.1 Å². The van der Waals surface area contributed by atoms with Crippen molar-refractivity contribution in [2.75, 3.05) is 20.8 Å². The largest absolute Gasteiger partial charge is 0.469 e. The summed E-state index contributed by atoms with van der Waals surface area (Å²) in [4.78, 5) is 15.8. The fourth-order valence-electron chi connectivity index (χ4n) is 4.87. The van der Waals surface area contributed by atoms with Crippen LogP contribution in [-0.2, 0) is 53.0 Å². The molecule has 0 unspecified atom stereocenters. The van der Waals surface area contributed by atoms with Gasteiger partial charge in [-0.2, -0.15) is 0 Å². The molecule has 3 aromatic rings. The van der Waals surface area contributed by atoms with E-state index in [0.717, 1.165) is 16.7 Å². The Morgan fingerprint density at radius 3 is 1.83 bits per heavy atom. The molecule has 0 N–H and O–H groups in total. The SMILES string of the molecule is COC(=O)[C@@H](N=[N+]=[N-])[C@H]1[C@H](OC)O[C@H](COCc2ccccc2)[C@@H](OCc2ccccc2)[C@@H]1OCc1ccccc1. The lowest BCUT2D eigenvalue weighted by atomic mass is 9.85. The summed E-state index contributed by atoms with van der Waals surface area (Å²) in [6, 6.07) is 27.8. The van der Waals surface area contributed by atoms with E-state index < -0.39 is 42.5 Å². The van der Waals surface area contributed by atoms with Crippen molar-refractivity contribution in [3.63, 3.8) is 0 Å². The van der Waals surface area contributed by atoms with Crippen LogP contribution in [-0.4, -0.2) is 57.4 Å². The van der Waals surface area contributed by atoms with Gasteiger partial charge in [-0.25, -0.2) is 0 Å². The number of esters is 1. The first-order valence-corrected chi connectivity index (χ1v) is 13.4. The second-order valence-electron chi connectivity index (χ2n) is 9.55. The van der Waals surface area contributed by atoms with Gasteiger partial charge in [0, 0.05) is 12.0 Å². The smallest absolute Gasteiger partial charge is 0.315 e. The molecule has 41 heavy (non-hydrogen) atoms. The second kappa shape index (κ2) is 15.9. The first-order valence-electron chi connectivity index (χ1n) is 13.4. The summed E-state index contributed by atoms with van der Waals surface area (Å²) in [5.41, 5.74) is 12.2. The van der Waals surface area contributed by atoms with E-state index >= 15 is 0 Å². The van der Waals surface area contributed by atoms with Crippen LogP contribution in [0.5, 0.6) is 0 Å². The minimum atomic E-state index is -1.29. The number of azide groups is 1. The Kier molecular flexibility index (Phi) is 11.7. The standard InChI is InChI=1S/C31H35N3O7/c1-36-30(35)27(33-34-32)26-29(40-20-24-16-10-5-11-17-24)28(39-19-23-14-8-4-9-15-23)25(41-31(26)37-2)21-38-18-22-12-6-3-7-13-22/h3-17,25-29,31H,18-21H2,1-2H3/t25-,26-,27+,28-,29-,31-/m1/s1. The number of hydrogen-bond donors (Lipinski definition) is 0. The molecule has 0 saturated carbocycles. The van der Waals surface area contributed by atoms with Gasteiger partial charge in [0.1, 0.15) is 18.2 Å². The molecule has 1 heterocycles. The van der Waals surface area contributed by atoms with Crippen LogP contribution in [0.15, 0.2) is 96.1 Å². The van der Waals surface area contributed by atoms with E-state index in [1.807, 2.05) is 91.0 Å². The zero-order valence-corrected chi connectivity index (χ0v) is 23.2. The van der Waals surface area contributed by atoms with E-state index in [1.165, 1.54) is 14.2 Å². The van der Waals surface area contributed by atoms with E-state index in [0.29, 0.717) is 6.61 Å². The van der Waals surface area contributed by atoms with Crippen molar-refractivity contribution in [3.8, 4) is 0 Å². The van der Waals surface area contributed by atoms with Gasteiger partial charge in [-0.3, -0.25) is 4.79 Å². The summed E-state index contributed by atoms with van der Waals surface area (Å²) in [6.45, 7) is 0.998. The van der Waals surface area contributed by atoms with E-state index in [2.05, 4.69) is 10.0 Å². The van der Waals surface area contributed by atoms with Crippen LogP contribution in [0.4, 0.5) is 0 Å². The minimum Gasteiger partial charge on any atom is -0.469 e. The molecule has 0 aliphatic carbocycles. The van der Waals surface area contributed by atoms with Crippen molar-refractivity contribution in [3.05, 3.63) is 118 Å². The van der Waals surface area contributed by atoms with Gasteiger partial charge in [0.05, 0.1) is 45.6 Å². The number of nitrogens with zero attached hydrogens (tertiary/aromatic N) is 3. The number of hydrogen-bond acceptors (Lipinski definition) is 8. The van der Waals surface area contributed by atoms with E-state index in [9.17, 15) is 10.3 Å². The fourth-order valence-corrected chi connectivity index (χ4v) is 4.87. The van der Waals surface area contributed by atoms with Gasteiger partial charge < -0.3 is 28.4 Å². The van der Waals surface area contributed by atoms with Crippen molar-refractivity contribution in [2.45, 2.75) is 50.5 Å². The van der Waals surface area contributed by atoms with Gasteiger partial charge in [-0.05, 0) is 22.2 Å². The molecule has 1 saturated heterocycles. The van der Waals surface area contributed by atoms with E-state index in [1.54, 1.807) is 0 Å². The average molecular weight is 562 g/mol. The van der Waals surface area contributed by atoms with Crippen molar-refractivity contribution >= 4 is 5.97 Å². The molecule has 0 spiro atoms. The molecule has 3 aromatic carbocycles. The predicted octanol–water partition coefficient (Wildman–Crippen LogP) is 5.21. The van der Waals surface area contributed by atoms with Crippen molar-refractivity contribution < 1.29 is 33.2 Å². The highest BCUT2D eigenvalue weighted by Gasteiger charge is 2.52. The Morgan fingerprint density at radius 1 is 0.829 bits per heavy atom. The Bertz CT molecular complexity index is 1240. The predicted molar refractivity (Wildman–Crippen MR) is 150 cm³/mol. The number of methoxy groups -OCH3 is 2. The summed E-state index contributed by atoms with van der Waals surface area (Å²) in [5.74, 6) is -1.61. The highest BCUT2D eigenvalue weighted by atomic mass is 16.7. The molecule has 0 bridgehead atoms. The Hall–Kier alpha value is -3.76. The third kappa shape index (κ3) is 8.37. The molecule has 216 valence electrons. The Labute approximate surface area is 239 Å². The van der Waals surface area contributed by atoms with Crippen LogP contribution in [0.1, 0.15) is 16.7 Å². The Morgan fingerprint density at radius 2 is 1.34 bits per heavy atom. The number of benzene rings is 3. The first-order chi connectivity index (χ1) is 20.1. The quantitative estimate of drug-likeness (QED) is 0.115. The van der Waals surface area contributed by atoms with Gasteiger partial charge in [0.2, 0.25) is 0 Å². The molecule has 1 fully saturated rings. The molecule has 10 heteroatoms. The molecule has 1 aliphatic rings. The van der Waals surface area contributed by atoms with Crippen LogP contribution >= 0.6 is 0 Å². The van der Waals surface area contributed by atoms with Gasteiger partial charge in [0.25, 0.3) is 0 Å². The zero-order chi connectivity index (χ0) is 28.9. The Balaban J connectivity index is 1.66. The maximum Gasteiger partial charge on any atom is 0.315 e. The number of carbonyl (C=O) groups excluding carboxylic acids is 1. The highest BCUT2D eigenvalue weighted by Crippen LogP contribution is 2.36. The average Bonchev–Trinajstić information content (AvgIpc) is 3.03. The lowest BCUT2D eigenvalue weighted by Crippen LogP contribution is -2.61. The molecule has 0 aromatic heterocycles. The lowest BCUT2D eigenvalue weighted by molar-refractivity contribution is -0.302. The third-order valence-corrected chi connectivity index (χ3v) is 6.87. The monoisotopic (exact) mass is 561 g/mol. The summed E-state index contributed by atoms with van der Waals surface area (Å²) >= 11 is 0. The van der Waals surface area contributed by atoms with Gasteiger partial charge in [-0.15, -0.1) is 0 Å². The maximum absolute atomic E-state index is 12.9. The topological polar surface area (TPSA) is 121 Å². The lowest BCUT2D eigenvalue weighted by Gasteiger charge is -2.47. The van der Waals surface area contributed by atoms with Gasteiger partial charge >= 0.3 is 5.97 Å². The van der Waals surface area contributed by atoms with Crippen LogP contribution in [0.3, 0.4) is 0 Å². The van der Waals surface area contributed by atoms with Gasteiger partial charge in [0.15, 0.2) is 6.29 Å². The molecule has 6 atom stereocenters. The van der Waals surface area contributed by atoms with Crippen LogP contribution in [0.2, 0.25) is 0 Å². The minimum absolute atomic E-state index is 0.163. The molecular weight excluding hydrogens is 526 g/mol. The normalized spacial score (nSPS) is 22.8. The van der Waals surface area contributed by atoms with Crippen LogP contribution in [0, 0.1) is 5.92 Å². The zero-order valence-electron chi connectivity index (χ0n) is 23.2. The molecule has 0 radical (unpaired) electrons. The molecule has 1 aliphatic heterocycles. The van der Waals surface area contributed by atoms with Crippen LogP contribution in [0.25, 0.3) is 10.4 Å². The van der Waals surface area contributed by atoms with Crippen molar-refractivity contribution in [1.82, 2.24) is 0 Å². The fraction of sp³-hybridized carbons (Fsp3) is 0.387. The van der Waals surface area contributed by atoms with Crippen molar-refractivity contribution in [2.24, 2.45) is 11.0 Å². The number of ether oxygens (including phenoxy) is 6. The summed E-state index contributed by atoms with van der Waals surface area (Å²) in [7, 11) is 2.69. The molecule has 10 nitrogen and oxygen atoms in total. The highest BCUT2D eigenvalue weighted by molar-refractivity contribution is 5.76. The second-order valence-corrected chi connectivity index (χ2v) is 9.55. The summed E-state index contributed by atoms with van der Waals surface area (Å²) in [5, 5.41) is 3.78. The maximum atomic E-state index is 12.9. The first kappa shape index (κ1) is 30.2. The number of carbonyl (C=O) groups is 1. The van der Waals surface area contributed by atoms with E-state index in [-0.39, 0.29) is 19.8 Å². The number of rotatable bonds is 14. The van der Waals surface area contributed by atoms with E-state index in [4.69, 9.17) is 28.4 Å². The molecule has 0 amide bonds. The molecule has 4 rings (SSSR count). The molecular formula is C31H35N3O7. The third-order valence-electron chi connectivity index (χ3n) is 6.87. The van der Waals surface area contributed by atoms with Crippen molar-refractivity contribution in [1.29, 1.82) is 0 Å². The summed E-state index contributed by atoms with van der Waals surface area (Å²) < 4.78 is 36.1.